The molecule has 1 aromatic carbocycles. The van der Waals surface area contributed by atoms with Crippen molar-refractivity contribution in [1.29, 1.82) is 0 Å². The van der Waals surface area contributed by atoms with E-state index >= 15 is 0 Å². The second kappa shape index (κ2) is 5.88. The first-order valence-electron chi connectivity index (χ1n) is 7.46. The Morgan fingerprint density at radius 1 is 1.05 bits per heavy atom. The van der Waals surface area contributed by atoms with Crippen molar-refractivity contribution in [2.75, 3.05) is 33.2 Å². The number of likely N-dealkylation sites (tertiary alicyclic amines) is 1. The molecule has 0 aliphatic carbocycles. The Hall–Kier alpha value is -2.21. The van der Waals surface area contributed by atoms with Crippen LogP contribution in [0.3, 0.4) is 0 Å². The van der Waals surface area contributed by atoms with Gasteiger partial charge in [0, 0.05) is 38.8 Å². The number of amides is 3. The van der Waals surface area contributed by atoms with E-state index in [2.05, 4.69) is 0 Å². The smallest absolute Gasteiger partial charge is 0.253 e. The number of nitrogens with zero attached hydrogens (tertiary/aromatic N) is 3. The van der Waals surface area contributed by atoms with Gasteiger partial charge in [-0.25, -0.2) is 0 Å². The zero-order valence-corrected chi connectivity index (χ0v) is 12.6. The fraction of sp³-hybridized carbons (Fsp3) is 0.438. The van der Waals surface area contributed by atoms with Crippen LogP contribution in [0, 0.1) is 0 Å². The number of benzene rings is 1. The summed E-state index contributed by atoms with van der Waals surface area (Å²) in [5, 5.41) is 0. The Morgan fingerprint density at radius 2 is 1.68 bits per heavy atom. The van der Waals surface area contributed by atoms with Gasteiger partial charge in [-0.15, -0.1) is 0 Å². The lowest BCUT2D eigenvalue weighted by Gasteiger charge is -2.37. The monoisotopic (exact) mass is 301 g/mol. The molecule has 6 nitrogen and oxygen atoms in total. The van der Waals surface area contributed by atoms with Gasteiger partial charge in [-0.2, -0.15) is 0 Å². The molecule has 22 heavy (non-hydrogen) atoms. The molecule has 0 spiro atoms. The van der Waals surface area contributed by atoms with Crippen molar-refractivity contribution < 1.29 is 14.4 Å². The van der Waals surface area contributed by atoms with Gasteiger partial charge < -0.3 is 4.90 Å². The van der Waals surface area contributed by atoms with E-state index in [1.165, 1.54) is 11.9 Å². The molecule has 2 aliphatic heterocycles. The molecule has 0 bridgehead atoms. The van der Waals surface area contributed by atoms with Crippen molar-refractivity contribution in [3.8, 4) is 0 Å². The summed E-state index contributed by atoms with van der Waals surface area (Å²) in [7, 11) is 1.53. The van der Waals surface area contributed by atoms with Crippen LogP contribution in [0.1, 0.15) is 16.8 Å². The maximum absolute atomic E-state index is 12.4. The molecule has 3 rings (SSSR count). The molecule has 1 atom stereocenters. The average molecular weight is 301 g/mol. The van der Waals surface area contributed by atoms with Gasteiger partial charge in [-0.1, -0.05) is 18.2 Å². The van der Waals surface area contributed by atoms with E-state index in [4.69, 9.17) is 0 Å². The van der Waals surface area contributed by atoms with Crippen LogP contribution < -0.4 is 0 Å². The van der Waals surface area contributed by atoms with Gasteiger partial charge in [0.2, 0.25) is 11.8 Å². The molecular formula is C16H19N3O3. The summed E-state index contributed by atoms with van der Waals surface area (Å²) in [6, 6.07) is 8.84. The molecule has 0 unspecified atom stereocenters. The molecule has 116 valence electrons. The van der Waals surface area contributed by atoms with Crippen molar-refractivity contribution in [3.63, 3.8) is 0 Å². The van der Waals surface area contributed by atoms with E-state index < -0.39 is 0 Å². The standard InChI is InChI=1S/C16H19N3O3/c1-17-14(20)11-13(16(17)22)18-7-9-19(10-8-18)15(21)12-5-3-2-4-6-12/h2-6,13H,7-11H2,1H3/t13-/m1/s1. The highest BCUT2D eigenvalue weighted by Gasteiger charge is 2.40. The lowest BCUT2D eigenvalue weighted by Crippen LogP contribution is -2.53. The molecule has 2 saturated heterocycles. The van der Waals surface area contributed by atoms with Gasteiger partial charge >= 0.3 is 0 Å². The Balaban J connectivity index is 1.60. The summed E-state index contributed by atoms with van der Waals surface area (Å²) in [6.07, 6.45) is 0.252. The molecule has 6 heteroatoms. The molecule has 2 fully saturated rings. The SMILES string of the molecule is CN1C(=O)C[C@@H](N2CCN(C(=O)c3ccccc3)CC2)C1=O. The predicted molar refractivity (Wildman–Crippen MR) is 80.1 cm³/mol. The van der Waals surface area contributed by atoms with Crippen LogP contribution in [-0.2, 0) is 9.59 Å². The number of rotatable bonds is 2. The molecule has 0 N–H and O–H groups in total. The van der Waals surface area contributed by atoms with Crippen molar-refractivity contribution in [1.82, 2.24) is 14.7 Å². The fourth-order valence-corrected chi connectivity index (χ4v) is 3.02. The zero-order valence-electron chi connectivity index (χ0n) is 12.6. The van der Waals surface area contributed by atoms with Crippen molar-refractivity contribution in [3.05, 3.63) is 35.9 Å². The second-order valence-corrected chi connectivity index (χ2v) is 5.71. The van der Waals surface area contributed by atoms with E-state index in [0.29, 0.717) is 31.7 Å². The Morgan fingerprint density at radius 3 is 2.23 bits per heavy atom. The highest BCUT2D eigenvalue weighted by molar-refractivity contribution is 6.05. The van der Waals surface area contributed by atoms with E-state index in [9.17, 15) is 14.4 Å². The maximum Gasteiger partial charge on any atom is 0.253 e. The third kappa shape index (κ3) is 2.62. The summed E-state index contributed by atoms with van der Waals surface area (Å²) in [6.45, 7) is 2.40. The molecule has 0 aromatic heterocycles. The Labute approximate surface area is 129 Å². The molecule has 0 saturated carbocycles. The molecule has 0 radical (unpaired) electrons. The van der Waals surface area contributed by atoms with Gasteiger partial charge in [0.25, 0.3) is 5.91 Å². The van der Waals surface area contributed by atoms with Gasteiger partial charge in [-0.05, 0) is 12.1 Å². The number of carbonyl (C=O) groups is 3. The lowest BCUT2D eigenvalue weighted by molar-refractivity contribution is -0.138. The summed E-state index contributed by atoms with van der Waals surface area (Å²) in [4.78, 5) is 41.0. The normalized spacial score (nSPS) is 23.2. The van der Waals surface area contributed by atoms with E-state index in [1.807, 2.05) is 35.2 Å². The number of carbonyl (C=O) groups excluding carboxylic acids is 3. The fourth-order valence-electron chi connectivity index (χ4n) is 3.02. The van der Waals surface area contributed by atoms with Gasteiger partial charge in [0.15, 0.2) is 0 Å². The Bertz CT molecular complexity index is 594. The van der Waals surface area contributed by atoms with Crippen LogP contribution >= 0.6 is 0 Å². The first kappa shape index (κ1) is 14.7. The van der Waals surface area contributed by atoms with Crippen LogP contribution in [0.4, 0.5) is 0 Å². The number of piperazine rings is 1. The average Bonchev–Trinajstić information content (AvgIpc) is 2.83. The maximum atomic E-state index is 12.4. The molecule has 2 heterocycles. The molecular weight excluding hydrogens is 282 g/mol. The van der Waals surface area contributed by atoms with Crippen LogP contribution in [0.5, 0.6) is 0 Å². The van der Waals surface area contributed by atoms with Gasteiger partial charge in [0.1, 0.15) is 0 Å². The molecule has 3 amide bonds. The number of hydrogen-bond donors (Lipinski definition) is 0. The Kier molecular flexibility index (Phi) is 3.94. The third-order valence-electron chi connectivity index (χ3n) is 4.42. The summed E-state index contributed by atoms with van der Waals surface area (Å²) < 4.78 is 0. The van der Waals surface area contributed by atoms with Crippen LogP contribution in [0.2, 0.25) is 0 Å². The number of imide groups is 1. The largest absolute Gasteiger partial charge is 0.336 e. The minimum absolute atomic E-state index is 0.0196. The van der Waals surface area contributed by atoms with E-state index in [1.54, 1.807) is 4.90 Å². The van der Waals surface area contributed by atoms with E-state index in [0.717, 1.165) is 0 Å². The summed E-state index contributed by atoms with van der Waals surface area (Å²) >= 11 is 0. The number of likely N-dealkylation sites (N-methyl/N-ethyl adjacent to an activating group) is 1. The zero-order chi connectivity index (χ0) is 15.7. The third-order valence-corrected chi connectivity index (χ3v) is 4.42. The number of hydrogen-bond acceptors (Lipinski definition) is 4. The topological polar surface area (TPSA) is 60.9 Å². The quantitative estimate of drug-likeness (QED) is 0.732. The highest BCUT2D eigenvalue weighted by Crippen LogP contribution is 2.19. The van der Waals surface area contributed by atoms with Gasteiger partial charge in [-0.3, -0.25) is 24.2 Å². The summed E-state index contributed by atoms with van der Waals surface area (Å²) in [5.41, 5.74) is 0.683. The van der Waals surface area contributed by atoms with E-state index in [-0.39, 0.29) is 30.2 Å². The van der Waals surface area contributed by atoms with Gasteiger partial charge in [0.05, 0.1) is 12.5 Å². The van der Waals surface area contributed by atoms with Crippen LogP contribution in [-0.4, -0.2) is 71.7 Å². The molecule has 2 aliphatic rings. The summed E-state index contributed by atoms with van der Waals surface area (Å²) in [5.74, 6) is -0.239. The van der Waals surface area contributed by atoms with Crippen molar-refractivity contribution >= 4 is 17.7 Å². The first-order valence-corrected chi connectivity index (χ1v) is 7.46. The van der Waals surface area contributed by atoms with Crippen LogP contribution in [0.25, 0.3) is 0 Å². The minimum Gasteiger partial charge on any atom is -0.336 e. The van der Waals surface area contributed by atoms with Crippen molar-refractivity contribution in [2.24, 2.45) is 0 Å². The highest BCUT2D eigenvalue weighted by atomic mass is 16.2. The van der Waals surface area contributed by atoms with Crippen molar-refractivity contribution in [2.45, 2.75) is 12.5 Å². The minimum atomic E-state index is -0.355. The lowest BCUT2D eigenvalue weighted by atomic mass is 10.1. The molecule has 1 aromatic rings. The first-order chi connectivity index (χ1) is 10.6. The predicted octanol–water partition coefficient (Wildman–Crippen LogP) is 0.202. The van der Waals surface area contributed by atoms with Crippen LogP contribution in [0.15, 0.2) is 30.3 Å². The second-order valence-electron chi connectivity index (χ2n) is 5.71.